The number of oxazole rings is 1. The second-order valence-corrected chi connectivity index (χ2v) is 8.34. The van der Waals surface area contributed by atoms with E-state index in [1.807, 2.05) is 42.5 Å². The predicted octanol–water partition coefficient (Wildman–Crippen LogP) is 6.53. The van der Waals surface area contributed by atoms with E-state index in [-0.39, 0.29) is 23.3 Å². The average Bonchev–Trinajstić information content (AvgIpc) is 3.59. The molecule has 0 amide bonds. The van der Waals surface area contributed by atoms with Crippen molar-refractivity contribution in [1.29, 1.82) is 0 Å². The highest BCUT2D eigenvalue weighted by atomic mass is 32.1. The number of halogens is 3. The summed E-state index contributed by atoms with van der Waals surface area (Å²) < 4.78 is 56.2. The predicted molar refractivity (Wildman–Crippen MR) is 126 cm³/mol. The molecular formula is C25H17F3N4O3S. The number of nitrogens with zero attached hydrogens (tertiary/aromatic N) is 4. The number of methoxy groups -OCH3 is 1. The van der Waals surface area contributed by atoms with Gasteiger partial charge < -0.3 is 13.9 Å². The average molecular weight is 510 g/mol. The highest BCUT2D eigenvalue weighted by Gasteiger charge is 2.34. The van der Waals surface area contributed by atoms with Gasteiger partial charge in [-0.3, -0.25) is 0 Å². The number of ether oxygens (including phenoxy) is 2. The largest absolute Gasteiger partial charge is 0.497 e. The lowest BCUT2D eigenvalue weighted by Gasteiger charge is -2.09. The minimum absolute atomic E-state index is 0.00118. The fourth-order valence-electron chi connectivity index (χ4n) is 3.21. The minimum atomic E-state index is -4.57. The quantitative estimate of drug-likeness (QED) is 0.246. The van der Waals surface area contributed by atoms with Gasteiger partial charge in [0.2, 0.25) is 11.8 Å². The summed E-state index contributed by atoms with van der Waals surface area (Å²) in [6.45, 7) is 0.164. The van der Waals surface area contributed by atoms with Crippen LogP contribution in [0.25, 0.3) is 33.7 Å². The van der Waals surface area contributed by atoms with Crippen LogP contribution in [0, 0.1) is 0 Å². The number of aromatic nitrogens is 4. The van der Waals surface area contributed by atoms with Gasteiger partial charge >= 0.3 is 6.18 Å². The highest BCUT2D eigenvalue weighted by Crippen LogP contribution is 2.34. The van der Waals surface area contributed by atoms with Gasteiger partial charge in [0.05, 0.1) is 13.3 Å². The van der Waals surface area contributed by atoms with Crippen LogP contribution in [0.5, 0.6) is 11.6 Å². The smallest absolute Gasteiger partial charge is 0.434 e. The summed E-state index contributed by atoms with van der Waals surface area (Å²) in [6, 6.07) is 18.1. The normalized spacial score (nSPS) is 11.4. The van der Waals surface area contributed by atoms with E-state index in [0.717, 1.165) is 27.8 Å². The fourth-order valence-corrected chi connectivity index (χ4v) is 3.97. The zero-order chi connectivity index (χ0) is 25.1. The maximum absolute atomic E-state index is 13.1. The maximum Gasteiger partial charge on any atom is 0.434 e. The van der Waals surface area contributed by atoms with Crippen molar-refractivity contribution < 1.29 is 27.1 Å². The van der Waals surface area contributed by atoms with Gasteiger partial charge in [-0.25, -0.2) is 15.0 Å². The van der Waals surface area contributed by atoms with Gasteiger partial charge in [0.15, 0.2) is 22.3 Å². The molecule has 36 heavy (non-hydrogen) atoms. The lowest BCUT2D eigenvalue weighted by Crippen LogP contribution is -2.05. The van der Waals surface area contributed by atoms with Crippen LogP contribution >= 0.6 is 11.3 Å². The van der Waals surface area contributed by atoms with E-state index >= 15 is 0 Å². The number of hydrogen-bond donors (Lipinski definition) is 0. The molecule has 182 valence electrons. The van der Waals surface area contributed by atoms with Crippen molar-refractivity contribution in [2.45, 2.75) is 12.8 Å². The Kier molecular flexibility index (Phi) is 6.38. The Morgan fingerprint density at radius 2 is 1.75 bits per heavy atom. The zero-order valence-electron chi connectivity index (χ0n) is 18.7. The van der Waals surface area contributed by atoms with Crippen LogP contribution in [-0.2, 0) is 12.8 Å². The van der Waals surface area contributed by atoms with E-state index in [0.29, 0.717) is 23.1 Å². The molecule has 0 saturated heterocycles. The van der Waals surface area contributed by atoms with Crippen molar-refractivity contribution in [3.8, 4) is 45.4 Å². The van der Waals surface area contributed by atoms with E-state index in [1.54, 1.807) is 25.3 Å². The van der Waals surface area contributed by atoms with E-state index in [2.05, 4.69) is 19.9 Å². The van der Waals surface area contributed by atoms with Crippen molar-refractivity contribution in [3.63, 3.8) is 0 Å². The summed E-state index contributed by atoms with van der Waals surface area (Å²) in [4.78, 5) is 16.7. The molecular weight excluding hydrogens is 493 g/mol. The molecule has 0 aliphatic heterocycles. The molecule has 3 aromatic heterocycles. The molecule has 0 saturated carbocycles. The molecule has 11 heteroatoms. The molecule has 5 rings (SSSR count). The molecule has 0 aliphatic rings. The van der Waals surface area contributed by atoms with E-state index < -0.39 is 11.9 Å². The molecule has 0 N–H and O–H groups in total. The number of rotatable bonds is 7. The molecule has 0 unspecified atom stereocenters. The number of alkyl halides is 3. The maximum atomic E-state index is 13.1. The van der Waals surface area contributed by atoms with Crippen LogP contribution in [-0.4, -0.2) is 27.0 Å². The van der Waals surface area contributed by atoms with Gasteiger partial charge in [0.1, 0.15) is 18.1 Å². The summed E-state index contributed by atoms with van der Waals surface area (Å²) in [5.74, 6) is 1.51. The third-order valence-corrected chi connectivity index (χ3v) is 5.85. The van der Waals surface area contributed by atoms with Crippen LogP contribution in [0.3, 0.4) is 0 Å². The lowest BCUT2D eigenvalue weighted by molar-refractivity contribution is -0.140. The lowest BCUT2D eigenvalue weighted by atomic mass is 10.2. The molecule has 0 radical (unpaired) electrons. The second-order valence-electron chi connectivity index (χ2n) is 7.48. The first kappa shape index (κ1) is 23.5. The minimum Gasteiger partial charge on any atom is -0.497 e. The molecule has 0 bridgehead atoms. The summed E-state index contributed by atoms with van der Waals surface area (Å²) in [6.07, 6.45) is -3.08. The highest BCUT2D eigenvalue weighted by molar-refractivity contribution is 7.13. The van der Waals surface area contributed by atoms with Crippen LogP contribution in [0.2, 0.25) is 0 Å². The van der Waals surface area contributed by atoms with Gasteiger partial charge in [-0.05, 0) is 29.8 Å². The van der Waals surface area contributed by atoms with Gasteiger partial charge in [-0.15, -0.1) is 11.3 Å². The third-order valence-electron chi connectivity index (χ3n) is 5.01. The first-order chi connectivity index (χ1) is 17.4. The Morgan fingerprint density at radius 3 is 2.44 bits per heavy atom. The Labute approximate surface area is 207 Å². The molecule has 5 aromatic rings. The van der Waals surface area contributed by atoms with Gasteiger partial charge in [0.25, 0.3) is 0 Å². The van der Waals surface area contributed by atoms with Crippen molar-refractivity contribution in [3.05, 3.63) is 83.5 Å². The monoisotopic (exact) mass is 510 g/mol. The summed E-state index contributed by atoms with van der Waals surface area (Å²) in [5.41, 5.74) is 0.896. The number of thiazole rings is 1. The molecule has 0 fully saturated rings. The Bertz CT molecular complexity index is 1470. The molecule has 0 aliphatic carbocycles. The first-order valence-corrected chi connectivity index (χ1v) is 11.5. The van der Waals surface area contributed by atoms with Crippen molar-refractivity contribution in [2.24, 2.45) is 0 Å². The standard InChI is InChI=1S/C25H17F3N4O3S/c1-33-17-9-7-15(8-10-17)13-34-21-11-18(19-12-29-23(35-19)16-5-3-2-4-6-16)30-22(32-21)24-31-20(14-36-24)25(26,27)28/h2-12,14H,13H2,1H3. The van der Waals surface area contributed by atoms with Crippen LogP contribution in [0.4, 0.5) is 13.2 Å². The van der Waals surface area contributed by atoms with Crippen LogP contribution in [0.1, 0.15) is 11.3 Å². The third kappa shape index (κ3) is 5.20. The number of benzene rings is 2. The Hall–Kier alpha value is -4.25. The second kappa shape index (κ2) is 9.78. The van der Waals surface area contributed by atoms with Gasteiger partial charge in [0, 0.05) is 17.0 Å². The molecule has 3 heterocycles. The summed E-state index contributed by atoms with van der Waals surface area (Å²) in [7, 11) is 1.57. The summed E-state index contributed by atoms with van der Waals surface area (Å²) in [5, 5.41) is 0.923. The Morgan fingerprint density at radius 1 is 0.972 bits per heavy atom. The Balaban J connectivity index is 1.49. The van der Waals surface area contributed by atoms with E-state index in [1.165, 1.54) is 6.20 Å². The van der Waals surface area contributed by atoms with E-state index in [9.17, 15) is 13.2 Å². The van der Waals surface area contributed by atoms with Gasteiger partial charge in [-0.2, -0.15) is 18.2 Å². The first-order valence-electron chi connectivity index (χ1n) is 10.6. The molecule has 7 nitrogen and oxygen atoms in total. The van der Waals surface area contributed by atoms with E-state index in [4.69, 9.17) is 13.9 Å². The zero-order valence-corrected chi connectivity index (χ0v) is 19.5. The molecule has 2 aromatic carbocycles. The summed E-state index contributed by atoms with van der Waals surface area (Å²) >= 11 is 0.791. The SMILES string of the molecule is COc1ccc(COc2cc(-c3cnc(-c4ccccc4)o3)nc(-c3nc(C(F)(F)F)cs3)n2)cc1. The van der Waals surface area contributed by atoms with Crippen molar-refractivity contribution in [1.82, 2.24) is 19.9 Å². The van der Waals surface area contributed by atoms with Crippen LogP contribution in [0.15, 0.2) is 76.7 Å². The van der Waals surface area contributed by atoms with Crippen molar-refractivity contribution in [2.75, 3.05) is 7.11 Å². The fraction of sp³-hybridized carbons (Fsp3) is 0.120. The molecule has 0 atom stereocenters. The topological polar surface area (TPSA) is 83.2 Å². The van der Waals surface area contributed by atoms with Crippen molar-refractivity contribution >= 4 is 11.3 Å². The van der Waals surface area contributed by atoms with Crippen LogP contribution < -0.4 is 9.47 Å². The van der Waals surface area contributed by atoms with Gasteiger partial charge in [-0.1, -0.05) is 30.3 Å². The molecule has 0 spiro atoms. The number of hydrogen-bond acceptors (Lipinski definition) is 8.